The molecule has 170 valence electrons. The number of benzene rings is 2. The van der Waals surface area contributed by atoms with Gasteiger partial charge in [0.25, 0.3) is 0 Å². The minimum Gasteiger partial charge on any atom is -0.497 e. The van der Waals surface area contributed by atoms with Gasteiger partial charge in [-0.3, -0.25) is 4.90 Å². The Bertz CT molecular complexity index is 813. The van der Waals surface area contributed by atoms with E-state index in [2.05, 4.69) is 15.5 Å². The van der Waals surface area contributed by atoms with Crippen LogP contribution in [0.5, 0.6) is 5.75 Å². The highest BCUT2D eigenvalue weighted by atomic mass is 127. The molecule has 1 aliphatic heterocycles. The third-order valence-electron chi connectivity index (χ3n) is 5.11. The number of morpholine rings is 1. The van der Waals surface area contributed by atoms with Gasteiger partial charge >= 0.3 is 0 Å². The smallest absolute Gasteiger partial charge is 0.191 e. The van der Waals surface area contributed by atoms with Crippen LogP contribution < -0.4 is 15.4 Å². The first-order valence-corrected chi connectivity index (χ1v) is 10.4. The largest absolute Gasteiger partial charge is 0.497 e. The van der Waals surface area contributed by atoms with Crippen molar-refractivity contribution in [1.82, 2.24) is 15.5 Å². The number of rotatable bonds is 8. The Labute approximate surface area is 201 Å². The fourth-order valence-corrected chi connectivity index (χ4v) is 3.50. The average Bonchev–Trinajstić information content (AvgIpc) is 2.78. The predicted octanol–water partition coefficient (Wildman–Crippen LogP) is 3.58. The molecule has 8 heteroatoms. The second-order valence-electron chi connectivity index (χ2n) is 7.14. The fourth-order valence-electron chi connectivity index (χ4n) is 3.50. The summed E-state index contributed by atoms with van der Waals surface area (Å²) in [6, 6.07) is 14.8. The first kappa shape index (κ1) is 25.4. The van der Waals surface area contributed by atoms with Crippen LogP contribution in [0, 0.1) is 5.82 Å². The van der Waals surface area contributed by atoms with E-state index in [-0.39, 0.29) is 35.8 Å². The van der Waals surface area contributed by atoms with Crippen LogP contribution >= 0.6 is 24.0 Å². The molecule has 31 heavy (non-hydrogen) atoms. The molecule has 0 radical (unpaired) electrons. The maximum absolute atomic E-state index is 13.9. The summed E-state index contributed by atoms with van der Waals surface area (Å²) in [5.41, 5.74) is 2.05. The molecule has 1 saturated heterocycles. The Kier molecular flexibility index (Phi) is 11.0. The highest BCUT2D eigenvalue weighted by Crippen LogP contribution is 2.22. The van der Waals surface area contributed by atoms with Crippen LogP contribution in [-0.2, 0) is 11.3 Å². The molecular formula is C23H32FIN4O2. The molecule has 3 rings (SSSR count). The number of guanidine groups is 1. The summed E-state index contributed by atoms with van der Waals surface area (Å²) in [5.74, 6) is 1.35. The summed E-state index contributed by atoms with van der Waals surface area (Å²) >= 11 is 0. The van der Waals surface area contributed by atoms with Crippen molar-refractivity contribution in [2.75, 3.05) is 46.5 Å². The fraction of sp³-hybridized carbons (Fsp3) is 0.435. The van der Waals surface area contributed by atoms with E-state index < -0.39 is 0 Å². The number of hydrogen-bond acceptors (Lipinski definition) is 4. The van der Waals surface area contributed by atoms with Crippen molar-refractivity contribution in [3.8, 4) is 5.75 Å². The van der Waals surface area contributed by atoms with Gasteiger partial charge in [-0.2, -0.15) is 0 Å². The van der Waals surface area contributed by atoms with E-state index >= 15 is 0 Å². The molecule has 0 saturated carbocycles. The molecule has 0 amide bonds. The number of ether oxygens (including phenoxy) is 2. The molecule has 0 aromatic heterocycles. The average molecular weight is 542 g/mol. The Hall–Kier alpha value is -1.91. The topological polar surface area (TPSA) is 58.1 Å². The van der Waals surface area contributed by atoms with Crippen LogP contribution in [0.2, 0.25) is 0 Å². The molecule has 2 N–H and O–H groups in total. The van der Waals surface area contributed by atoms with E-state index in [4.69, 9.17) is 14.5 Å². The van der Waals surface area contributed by atoms with E-state index in [0.29, 0.717) is 26.3 Å². The van der Waals surface area contributed by atoms with Crippen LogP contribution in [-0.4, -0.2) is 57.4 Å². The zero-order valence-corrected chi connectivity index (χ0v) is 20.5. The summed E-state index contributed by atoms with van der Waals surface area (Å²) in [7, 11) is 1.66. The van der Waals surface area contributed by atoms with E-state index in [1.165, 1.54) is 6.07 Å². The van der Waals surface area contributed by atoms with Gasteiger partial charge < -0.3 is 20.1 Å². The summed E-state index contributed by atoms with van der Waals surface area (Å²) in [6.07, 6.45) is 0. The second kappa shape index (κ2) is 13.5. The van der Waals surface area contributed by atoms with Gasteiger partial charge in [-0.15, -0.1) is 24.0 Å². The zero-order chi connectivity index (χ0) is 21.2. The number of nitrogens with one attached hydrogen (secondary N) is 2. The van der Waals surface area contributed by atoms with Crippen molar-refractivity contribution in [3.63, 3.8) is 0 Å². The third-order valence-corrected chi connectivity index (χ3v) is 5.11. The van der Waals surface area contributed by atoms with E-state index in [0.717, 1.165) is 42.5 Å². The number of nitrogens with zero attached hydrogens (tertiary/aromatic N) is 2. The van der Waals surface area contributed by atoms with Crippen molar-refractivity contribution in [3.05, 3.63) is 65.5 Å². The highest BCUT2D eigenvalue weighted by Gasteiger charge is 2.23. The first-order valence-electron chi connectivity index (χ1n) is 10.4. The molecular weight excluding hydrogens is 510 g/mol. The molecule has 1 atom stereocenters. The van der Waals surface area contributed by atoms with Crippen molar-refractivity contribution in [2.24, 2.45) is 4.99 Å². The number of aliphatic imine (C=N–C) groups is 1. The van der Waals surface area contributed by atoms with Crippen molar-refractivity contribution in [2.45, 2.75) is 19.5 Å². The maximum Gasteiger partial charge on any atom is 0.191 e. The molecule has 1 heterocycles. The van der Waals surface area contributed by atoms with Crippen LogP contribution in [0.25, 0.3) is 0 Å². The van der Waals surface area contributed by atoms with Crippen LogP contribution in [0.15, 0.2) is 53.5 Å². The van der Waals surface area contributed by atoms with Crippen molar-refractivity contribution >= 4 is 29.9 Å². The maximum atomic E-state index is 13.9. The van der Waals surface area contributed by atoms with Crippen molar-refractivity contribution in [1.29, 1.82) is 0 Å². The second-order valence-corrected chi connectivity index (χ2v) is 7.14. The van der Waals surface area contributed by atoms with Gasteiger partial charge in [-0.25, -0.2) is 9.38 Å². The quantitative estimate of drug-likeness (QED) is 0.304. The van der Waals surface area contributed by atoms with Crippen LogP contribution in [0.1, 0.15) is 24.1 Å². The standard InChI is InChI=1S/C23H31FN4O2.HI/c1-3-25-23(26-16-18-7-9-21(29-2)10-8-18)27-17-22(28-11-13-30-14-12-28)19-5-4-6-20(24)15-19;/h4-10,15,22H,3,11-14,16-17H2,1-2H3,(H2,25,26,27);1H. The normalized spacial score (nSPS) is 15.6. The molecule has 2 aromatic rings. The van der Waals surface area contributed by atoms with Gasteiger partial charge in [-0.05, 0) is 42.3 Å². The first-order chi connectivity index (χ1) is 14.7. The van der Waals surface area contributed by atoms with Crippen LogP contribution in [0.3, 0.4) is 0 Å². The summed E-state index contributed by atoms with van der Waals surface area (Å²) in [4.78, 5) is 7.04. The zero-order valence-electron chi connectivity index (χ0n) is 18.1. The summed E-state index contributed by atoms with van der Waals surface area (Å²) in [6.45, 7) is 7.01. The minimum absolute atomic E-state index is 0. The molecule has 1 fully saturated rings. The van der Waals surface area contributed by atoms with Crippen LogP contribution in [0.4, 0.5) is 4.39 Å². The predicted molar refractivity (Wildman–Crippen MR) is 133 cm³/mol. The summed E-state index contributed by atoms with van der Waals surface area (Å²) < 4.78 is 24.6. The number of methoxy groups -OCH3 is 1. The molecule has 0 bridgehead atoms. The van der Waals surface area contributed by atoms with Gasteiger partial charge in [0.05, 0.1) is 32.9 Å². The lowest BCUT2D eigenvalue weighted by molar-refractivity contribution is 0.0169. The third kappa shape index (κ3) is 7.93. The lowest BCUT2D eigenvalue weighted by atomic mass is 10.0. The SMILES string of the molecule is CCNC(=NCc1ccc(OC)cc1)NCC(c1cccc(F)c1)N1CCOCC1.I. The Morgan fingerprint density at radius 1 is 1.16 bits per heavy atom. The van der Waals surface area contributed by atoms with E-state index in [9.17, 15) is 4.39 Å². The summed E-state index contributed by atoms with van der Waals surface area (Å²) in [5, 5.41) is 6.73. The molecule has 0 spiro atoms. The van der Waals surface area contributed by atoms with Crippen molar-refractivity contribution < 1.29 is 13.9 Å². The number of halogens is 2. The van der Waals surface area contributed by atoms with Gasteiger partial charge in [0.1, 0.15) is 11.6 Å². The number of hydrogen-bond donors (Lipinski definition) is 2. The van der Waals surface area contributed by atoms with E-state index in [1.807, 2.05) is 37.3 Å². The lowest BCUT2D eigenvalue weighted by Crippen LogP contribution is -2.46. The van der Waals surface area contributed by atoms with Gasteiger partial charge in [0.2, 0.25) is 0 Å². The molecule has 1 aliphatic rings. The van der Waals surface area contributed by atoms with Gasteiger partial charge in [-0.1, -0.05) is 24.3 Å². The Morgan fingerprint density at radius 2 is 1.90 bits per heavy atom. The Morgan fingerprint density at radius 3 is 2.55 bits per heavy atom. The lowest BCUT2D eigenvalue weighted by Gasteiger charge is -2.35. The molecule has 0 aliphatic carbocycles. The van der Waals surface area contributed by atoms with Gasteiger partial charge in [0, 0.05) is 26.2 Å². The molecule has 1 unspecified atom stereocenters. The monoisotopic (exact) mass is 542 g/mol. The molecule has 2 aromatic carbocycles. The minimum atomic E-state index is -0.217. The van der Waals surface area contributed by atoms with E-state index in [1.54, 1.807) is 19.2 Å². The highest BCUT2D eigenvalue weighted by molar-refractivity contribution is 14.0. The molecule has 6 nitrogen and oxygen atoms in total. The Balaban J connectivity index is 0.00000341. The van der Waals surface area contributed by atoms with Gasteiger partial charge in [0.15, 0.2) is 5.96 Å².